The van der Waals surface area contributed by atoms with E-state index >= 15 is 0 Å². The van der Waals surface area contributed by atoms with Crippen molar-refractivity contribution in [1.82, 2.24) is 0 Å². The molecular formula is C14H19N3O3. The summed E-state index contributed by atoms with van der Waals surface area (Å²) in [6, 6.07) is 7.07. The number of nitrogens with one attached hydrogen (secondary N) is 1. The second-order valence-electron chi connectivity index (χ2n) is 5.02. The summed E-state index contributed by atoms with van der Waals surface area (Å²) in [5.41, 5.74) is 11.7. The number of hydrogen-bond acceptors (Lipinski definition) is 4. The van der Waals surface area contributed by atoms with Gasteiger partial charge in [0.2, 0.25) is 11.8 Å². The third-order valence-electron chi connectivity index (χ3n) is 3.47. The highest BCUT2D eigenvalue weighted by Gasteiger charge is 2.36. The number of rotatable bonds is 4. The number of nitrogens with two attached hydrogens (primary N) is 2. The Morgan fingerprint density at radius 1 is 1.25 bits per heavy atom. The van der Waals surface area contributed by atoms with E-state index in [1.807, 2.05) is 0 Å². The Morgan fingerprint density at radius 2 is 1.90 bits per heavy atom. The van der Waals surface area contributed by atoms with Crippen molar-refractivity contribution in [3.8, 4) is 0 Å². The molecule has 0 saturated carbocycles. The molecule has 108 valence electrons. The Hall–Kier alpha value is -1.92. The van der Waals surface area contributed by atoms with Crippen LogP contribution in [-0.2, 0) is 20.7 Å². The fourth-order valence-electron chi connectivity index (χ4n) is 2.19. The van der Waals surface area contributed by atoms with E-state index in [4.69, 9.17) is 16.2 Å². The predicted molar refractivity (Wildman–Crippen MR) is 74.9 cm³/mol. The Balaban J connectivity index is 2.13. The molecule has 1 aromatic rings. The Labute approximate surface area is 117 Å². The number of ether oxygens (including phenoxy) is 1. The van der Waals surface area contributed by atoms with Crippen LogP contribution in [0.4, 0.5) is 5.69 Å². The quantitative estimate of drug-likeness (QED) is 0.728. The summed E-state index contributed by atoms with van der Waals surface area (Å²) >= 11 is 0. The summed E-state index contributed by atoms with van der Waals surface area (Å²) < 4.78 is 5.22. The molecule has 5 N–H and O–H groups in total. The molecule has 20 heavy (non-hydrogen) atoms. The Bertz CT molecular complexity index is 510. The number of carbonyl (C=O) groups is 2. The number of para-hydroxylation sites is 1. The zero-order valence-corrected chi connectivity index (χ0v) is 11.2. The van der Waals surface area contributed by atoms with E-state index in [-0.39, 0.29) is 12.3 Å². The minimum atomic E-state index is -0.919. The second kappa shape index (κ2) is 6.02. The molecule has 1 aliphatic heterocycles. The van der Waals surface area contributed by atoms with Gasteiger partial charge in [0, 0.05) is 18.9 Å². The molecule has 1 aliphatic rings. The van der Waals surface area contributed by atoms with Crippen LogP contribution in [0.15, 0.2) is 24.3 Å². The molecule has 0 aliphatic carbocycles. The number of primary amides is 1. The molecule has 6 heteroatoms. The van der Waals surface area contributed by atoms with Crippen LogP contribution in [-0.4, -0.2) is 30.6 Å². The van der Waals surface area contributed by atoms with Crippen LogP contribution in [0.25, 0.3) is 0 Å². The first kappa shape index (κ1) is 14.5. The van der Waals surface area contributed by atoms with Gasteiger partial charge < -0.3 is 21.5 Å². The normalized spacial score (nSPS) is 17.4. The van der Waals surface area contributed by atoms with Crippen LogP contribution in [0.5, 0.6) is 0 Å². The lowest BCUT2D eigenvalue weighted by atomic mass is 9.90. The van der Waals surface area contributed by atoms with Crippen molar-refractivity contribution in [2.75, 3.05) is 18.5 Å². The Morgan fingerprint density at radius 3 is 2.55 bits per heavy atom. The Kier molecular flexibility index (Phi) is 4.36. The zero-order chi connectivity index (χ0) is 14.6. The van der Waals surface area contributed by atoms with E-state index in [0.29, 0.717) is 37.3 Å². The third-order valence-corrected chi connectivity index (χ3v) is 3.47. The molecule has 2 amide bonds. The predicted octanol–water partition coefficient (Wildman–Crippen LogP) is 0.161. The number of anilines is 1. The molecule has 0 aromatic heterocycles. The smallest absolute Gasteiger partial charge is 0.244 e. The van der Waals surface area contributed by atoms with Gasteiger partial charge in [-0.3, -0.25) is 9.59 Å². The molecular weight excluding hydrogens is 258 g/mol. The highest BCUT2D eigenvalue weighted by atomic mass is 16.5. The maximum absolute atomic E-state index is 12.3. The van der Waals surface area contributed by atoms with Crippen molar-refractivity contribution in [2.45, 2.75) is 24.8 Å². The second-order valence-corrected chi connectivity index (χ2v) is 5.02. The van der Waals surface area contributed by atoms with Gasteiger partial charge in [-0.1, -0.05) is 18.2 Å². The zero-order valence-electron chi connectivity index (χ0n) is 11.2. The maximum Gasteiger partial charge on any atom is 0.244 e. The van der Waals surface area contributed by atoms with Crippen LogP contribution >= 0.6 is 0 Å². The van der Waals surface area contributed by atoms with Gasteiger partial charge in [-0.25, -0.2) is 0 Å². The summed E-state index contributed by atoms with van der Waals surface area (Å²) in [6.07, 6.45) is 1.05. The van der Waals surface area contributed by atoms with Crippen LogP contribution in [0.3, 0.4) is 0 Å². The molecule has 0 unspecified atom stereocenters. The summed E-state index contributed by atoms with van der Waals surface area (Å²) in [6.45, 7) is 0.958. The summed E-state index contributed by atoms with van der Waals surface area (Å²) in [7, 11) is 0. The van der Waals surface area contributed by atoms with Crippen LogP contribution in [0, 0.1) is 0 Å². The molecule has 0 radical (unpaired) electrons. The topological polar surface area (TPSA) is 107 Å². The van der Waals surface area contributed by atoms with E-state index in [0.717, 1.165) is 0 Å². The highest BCUT2D eigenvalue weighted by Crippen LogP contribution is 2.22. The number of hydrogen-bond donors (Lipinski definition) is 3. The SMILES string of the molecule is NC(=O)Cc1ccccc1NC(=O)C1(N)CCOCC1. The number of carbonyl (C=O) groups excluding carboxylic acids is 2. The van der Waals surface area contributed by atoms with Crippen molar-refractivity contribution in [2.24, 2.45) is 11.5 Å². The first-order valence-electron chi connectivity index (χ1n) is 6.55. The van der Waals surface area contributed by atoms with Gasteiger partial charge in [-0.15, -0.1) is 0 Å². The van der Waals surface area contributed by atoms with E-state index in [1.54, 1.807) is 24.3 Å². The molecule has 1 aromatic carbocycles. The van der Waals surface area contributed by atoms with Crippen molar-refractivity contribution >= 4 is 17.5 Å². The van der Waals surface area contributed by atoms with Gasteiger partial charge in [-0.05, 0) is 24.5 Å². The van der Waals surface area contributed by atoms with E-state index in [9.17, 15) is 9.59 Å². The molecule has 0 spiro atoms. The van der Waals surface area contributed by atoms with Crippen molar-refractivity contribution in [3.05, 3.63) is 29.8 Å². The highest BCUT2D eigenvalue weighted by molar-refractivity contribution is 5.99. The van der Waals surface area contributed by atoms with Crippen LogP contribution < -0.4 is 16.8 Å². The first-order valence-corrected chi connectivity index (χ1v) is 6.55. The largest absolute Gasteiger partial charge is 0.381 e. The number of benzene rings is 1. The minimum absolute atomic E-state index is 0.0805. The lowest BCUT2D eigenvalue weighted by Gasteiger charge is -2.32. The fourth-order valence-corrected chi connectivity index (χ4v) is 2.19. The molecule has 1 saturated heterocycles. The molecule has 0 atom stereocenters. The van der Waals surface area contributed by atoms with Gasteiger partial charge in [0.15, 0.2) is 0 Å². The minimum Gasteiger partial charge on any atom is -0.381 e. The lowest BCUT2D eigenvalue weighted by Crippen LogP contribution is -2.54. The van der Waals surface area contributed by atoms with Crippen LogP contribution in [0.2, 0.25) is 0 Å². The van der Waals surface area contributed by atoms with Crippen molar-refractivity contribution in [3.63, 3.8) is 0 Å². The van der Waals surface area contributed by atoms with Gasteiger partial charge in [-0.2, -0.15) is 0 Å². The van der Waals surface area contributed by atoms with E-state index in [2.05, 4.69) is 5.32 Å². The molecule has 0 bridgehead atoms. The summed E-state index contributed by atoms with van der Waals surface area (Å²) in [5, 5.41) is 2.80. The monoisotopic (exact) mass is 277 g/mol. The van der Waals surface area contributed by atoms with E-state index in [1.165, 1.54) is 0 Å². The van der Waals surface area contributed by atoms with Gasteiger partial charge in [0.05, 0.1) is 6.42 Å². The van der Waals surface area contributed by atoms with Crippen LogP contribution in [0.1, 0.15) is 18.4 Å². The van der Waals surface area contributed by atoms with E-state index < -0.39 is 11.4 Å². The van der Waals surface area contributed by atoms with Gasteiger partial charge >= 0.3 is 0 Å². The molecule has 1 fully saturated rings. The van der Waals surface area contributed by atoms with Gasteiger partial charge in [0.1, 0.15) is 5.54 Å². The van der Waals surface area contributed by atoms with Crippen molar-refractivity contribution in [1.29, 1.82) is 0 Å². The fraction of sp³-hybridized carbons (Fsp3) is 0.429. The lowest BCUT2D eigenvalue weighted by molar-refractivity contribution is -0.124. The average molecular weight is 277 g/mol. The van der Waals surface area contributed by atoms with Crippen molar-refractivity contribution < 1.29 is 14.3 Å². The summed E-state index contributed by atoms with van der Waals surface area (Å²) in [5.74, 6) is -0.696. The molecule has 2 rings (SSSR count). The molecule has 1 heterocycles. The molecule has 6 nitrogen and oxygen atoms in total. The maximum atomic E-state index is 12.3. The first-order chi connectivity index (χ1) is 9.51. The standard InChI is InChI=1S/C14H19N3O3/c15-12(18)9-10-3-1-2-4-11(10)17-13(19)14(16)5-7-20-8-6-14/h1-4H,5-9,16H2,(H2,15,18)(H,17,19). The number of amides is 2. The third kappa shape index (κ3) is 3.34. The summed E-state index contributed by atoms with van der Waals surface area (Å²) in [4.78, 5) is 23.4. The van der Waals surface area contributed by atoms with Gasteiger partial charge in [0.25, 0.3) is 0 Å². The average Bonchev–Trinajstić information content (AvgIpc) is 2.41.